The van der Waals surface area contributed by atoms with E-state index in [9.17, 15) is 14.7 Å². The monoisotopic (exact) mass is 576 g/mol. The first kappa shape index (κ1) is 30.4. The third kappa shape index (κ3) is 5.29. The van der Waals surface area contributed by atoms with Gasteiger partial charge in [0.15, 0.2) is 0 Å². The van der Waals surface area contributed by atoms with E-state index in [1.165, 1.54) is 29.7 Å². The van der Waals surface area contributed by atoms with Crippen LogP contribution in [0.3, 0.4) is 0 Å². The summed E-state index contributed by atoms with van der Waals surface area (Å²) in [6.45, 7) is 14.5. The quantitative estimate of drug-likeness (QED) is 0.333. The van der Waals surface area contributed by atoms with Gasteiger partial charge in [-0.3, -0.25) is 4.90 Å². The van der Waals surface area contributed by atoms with Crippen molar-refractivity contribution in [1.29, 1.82) is 0 Å². The van der Waals surface area contributed by atoms with Gasteiger partial charge in [0.1, 0.15) is 11.8 Å². The second kappa shape index (κ2) is 11.2. The van der Waals surface area contributed by atoms with Crippen LogP contribution in [0.1, 0.15) is 102 Å². The lowest BCUT2D eigenvalue weighted by molar-refractivity contribution is -0.144. The van der Waals surface area contributed by atoms with Crippen molar-refractivity contribution in [2.45, 2.75) is 110 Å². The standard InChI is InChI=1S/C35H48N2O5/c1-20(2)25-11-9-10-12-26(25)30-29(28(34(5,6)7)31(32(38)39)37(30)33(40)42-21(3)4)36-19-23-15-24(13-14-27(23)41-8)35-16-22(17-35)18-35/h9-15,20-22,28-31,36H,16-19H2,1-8H3,(H,38,39)/t22?,28-,29-,30-,31-,35?/m0/s1. The lowest BCUT2D eigenvalue weighted by Gasteiger charge is -2.62. The number of carboxylic acid groups (broad SMARTS) is 1. The first-order valence-corrected chi connectivity index (χ1v) is 15.5. The van der Waals surface area contributed by atoms with Crippen molar-refractivity contribution in [2.75, 3.05) is 7.11 Å². The summed E-state index contributed by atoms with van der Waals surface area (Å²) in [4.78, 5) is 28.4. The number of nitrogens with one attached hydrogen (secondary N) is 1. The van der Waals surface area contributed by atoms with Crippen molar-refractivity contribution in [2.24, 2.45) is 17.3 Å². The maximum Gasteiger partial charge on any atom is 0.411 e. The summed E-state index contributed by atoms with van der Waals surface area (Å²) in [5.74, 6) is 0.465. The summed E-state index contributed by atoms with van der Waals surface area (Å²) < 4.78 is 11.5. The van der Waals surface area contributed by atoms with E-state index in [1.54, 1.807) is 21.0 Å². The molecule has 6 rings (SSSR count). The third-order valence-electron chi connectivity index (χ3n) is 9.86. The SMILES string of the molecule is COc1ccc(C23CC(C2)C3)cc1CN[C@H]1[C@H](C(C)(C)C)[C@@H](C(=O)O)N(C(=O)OC(C)C)[C@H]1c1ccccc1C(C)C. The van der Waals surface area contributed by atoms with E-state index in [4.69, 9.17) is 9.47 Å². The minimum Gasteiger partial charge on any atom is -0.496 e. The topological polar surface area (TPSA) is 88.1 Å². The maximum atomic E-state index is 13.8. The Morgan fingerprint density at radius 2 is 1.74 bits per heavy atom. The Balaban J connectivity index is 1.61. The number of likely N-dealkylation sites (tertiary alicyclic amines) is 1. The van der Waals surface area contributed by atoms with Crippen molar-refractivity contribution in [3.05, 3.63) is 64.7 Å². The molecule has 1 amide bonds. The van der Waals surface area contributed by atoms with Crippen LogP contribution < -0.4 is 10.1 Å². The van der Waals surface area contributed by atoms with Crippen LogP contribution in [-0.2, 0) is 21.5 Å². The highest BCUT2D eigenvalue weighted by Gasteiger charge is 2.59. The number of hydrogen-bond acceptors (Lipinski definition) is 5. The number of methoxy groups -OCH3 is 1. The van der Waals surface area contributed by atoms with Crippen LogP contribution in [0.5, 0.6) is 5.75 Å². The predicted molar refractivity (Wildman–Crippen MR) is 164 cm³/mol. The van der Waals surface area contributed by atoms with E-state index in [-0.39, 0.29) is 18.1 Å². The number of carbonyl (C=O) groups is 2. The minimum absolute atomic E-state index is 0.187. The highest BCUT2D eigenvalue weighted by molar-refractivity contribution is 5.82. The second-order valence-corrected chi connectivity index (χ2v) is 14.4. The predicted octanol–water partition coefficient (Wildman–Crippen LogP) is 7.05. The molecule has 42 heavy (non-hydrogen) atoms. The van der Waals surface area contributed by atoms with Crippen molar-refractivity contribution < 1.29 is 24.2 Å². The molecule has 4 fully saturated rings. The molecule has 2 N–H and O–H groups in total. The molecule has 3 saturated carbocycles. The molecule has 4 aliphatic rings. The van der Waals surface area contributed by atoms with E-state index in [2.05, 4.69) is 64.2 Å². The Hall–Kier alpha value is -3.06. The summed E-state index contributed by atoms with van der Waals surface area (Å²) in [6, 6.07) is 12.7. The number of nitrogens with zero attached hydrogens (tertiary/aromatic N) is 1. The van der Waals surface area contributed by atoms with Gasteiger partial charge >= 0.3 is 12.1 Å². The highest BCUT2D eigenvalue weighted by atomic mass is 16.6. The third-order valence-corrected chi connectivity index (χ3v) is 9.86. The largest absolute Gasteiger partial charge is 0.496 e. The van der Waals surface area contributed by atoms with Gasteiger partial charge in [-0.25, -0.2) is 9.59 Å². The summed E-state index contributed by atoms with van der Waals surface area (Å²) in [6.07, 6.45) is 2.83. The molecule has 1 aliphatic heterocycles. The van der Waals surface area contributed by atoms with Crippen molar-refractivity contribution in [1.82, 2.24) is 10.2 Å². The van der Waals surface area contributed by atoms with Crippen molar-refractivity contribution in [3.63, 3.8) is 0 Å². The van der Waals surface area contributed by atoms with Crippen molar-refractivity contribution in [3.8, 4) is 5.75 Å². The molecule has 0 spiro atoms. The number of rotatable bonds is 9. The number of carbonyl (C=O) groups excluding carboxylic acids is 1. The molecular weight excluding hydrogens is 528 g/mol. The van der Waals surface area contributed by atoms with Gasteiger partial charge < -0.3 is 19.9 Å². The number of amides is 1. The summed E-state index contributed by atoms with van der Waals surface area (Å²) in [5, 5.41) is 14.5. The number of hydrogen-bond donors (Lipinski definition) is 2. The fraction of sp³-hybridized carbons (Fsp3) is 0.600. The maximum absolute atomic E-state index is 13.8. The Labute approximate surface area is 251 Å². The molecule has 0 aromatic heterocycles. The highest BCUT2D eigenvalue weighted by Crippen LogP contribution is 2.65. The van der Waals surface area contributed by atoms with Gasteiger partial charge in [0.25, 0.3) is 0 Å². The zero-order chi connectivity index (χ0) is 30.6. The van der Waals surface area contributed by atoms with Crippen LogP contribution in [0.4, 0.5) is 4.79 Å². The van der Waals surface area contributed by atoms with Gasteiger partial charge in [-0.15, -0.1) is 0 Å². The Morgan fingerprint density at radius 3 is 2.26 bits per heavy atom. The second-order valence-electron chi connectivity index (χ2n) is 14.4. The molecule has 3 aliphatic carbocycles. The molecule has 0 unspecified atom stereocenters. The van der Waals surface area contributed by atoms with Crippen LogP contribution in [-0.4, -0.2) is 47.4 Å². The fourth-order valence-corrected chi connectivity index (χ4v) is 7.88. The molecule has 1 saturated heterocycles. The summed E-state index contributed by atoms with van der Waals surface area (Å²) >= 11 is 0. The molecule has 228 valence electrons. The smallest absolute Gasteiger partial charge is 0.411 e. The van der Waals surface area contributed by atoms with Gasteiger partial charge in [0.2, 0.25) is 0 Å². The van der Waals surface area contributed by atoms with E-state index < -0.39 is 35.5 Å². The van der Waals surface area contributed by atoms with E-state index in [0.717, 1.165) is 28.4 Å². The normalized spacial score (nSPS) is 28.4. The summed E-state index contributed by atoms with van der Waals surface area (Å²) in [5.41, 5.74) is 4.36. The zero-order valence-electron chi connectivity index (χ0n) is 26.4. The van der Waals surface area contributed by atoms with Crippen LogP contribution in [0.2, 0.25) is 0 Å². The average Bonchev–Trinajstić information content (AvgIpc) is 3.21. The minimum atomic E-state index is -1.06. The van der Waals surface area contributed by atoms with Gasteiger partial charge in [0, 0.05) is 24.1 Å². The first-order chi connectivity index (χ1) is 19.8. The molecule has 2 aromatic carbocycles. The molecule has 7 heteroatoms. The first-order valence-electron chi connectivity index (χ1n) is 15.5. The van der Waals surface area contributed by atoms with Gasteiger partial charge in [-0.1, -0.05) is 71.0 Å². The number of aliphatic carboxylic acids is 1. The molecule has 4 atom stereocenters. The van der Waals surface area contributed by atoms with E-state index >= 15 is 0 Å². The van der Waals surface area contributed by atoms with Crippen LogP contribution >= 0.6 is 0 Å². The van der Waals surface area contributed by atoms with Crippen LogP contribution in [0.25, 0.3) is 0 Å². The Morgan fingerprint density at radius 1 is 1.07 bits per heavy atom. The van der Waals surface area contributed by atoms with E-state index in [0.29, 0.717) is 12.0 Å². The van der Waals surface area contributed by atoms with Gasteiger partial charge in [0.05, 0.1) is 19.3 Å². The lowest BCUT2D eigenvalue weighted by Crippen LogP contribution is -2.55. The number of benzene rings is 2. The molecule has 2 bridgehead atoms. The lowest BCUT2D eigenvalue weighted by atomic mass is 9.42. The molecule has 2 aromatic rings. The average molecular weight is 577 g/mol. The van der Waals surface area contributed by atoms with Crippen LogP contribution in [0, 0.1) is 17.3 Å². The number of carboxylic acids is 1. The Kier molecular flexibility index (Phi) is 8.12. The van der Waals surface area contributed by atoms with Gasteiger partial charge in [-0.05, 0) is 78.5 Å². The van der Waals surface area contributed by atoms with Crippen molar-refractivity contribution >= 4 is 12.1 Å². The fourth-order valence-electron chi connectivity index (χ4n) is 7.88. The zero-order valence-corrected chi connectivity index (χ0v) is 26.4. The van der Waals surface area contributed by atoms with Gasteiger partial charge in [-0.2, -0.15) is 0 Å². The number of ether oxygens (including phenoxy) is 2. The summed E-state index contributed by atoms with van der Waals surface area (Å²) in [7, 11) is 1.69. The van der Waals surface area contributed by atoms with E-state index in [1.807, 2.05) is 18.2 Å². The Bertz CT molecular complexity index is 1310. The molecular formula is C35H48N2O5. The molecule has 0 radical (unpaired) electrons. The molecule has 7 nitrogen and oxygen atoms in total. The molecule has 1 heterocycles. The van der Waals surface area contributed by atoms with Crippen LogP contribution in [0.15, 0.2) is 42.5 Å².